The van der Waals surface area contributed by atoms with Gasteiger partial charge in [0.05, 0.1) is 12.7 Å². The first-order valence-electron chi connectivity index (χ1n) is 15.6. The predicted octanol–water partition coefficient (Wildman–Crippen LogP) is 9.21. The zero-order valence-electron chi connectivity index (χ0n) is 27.2. The van der Waals surface area contributed by atoms with Crippen molar-refractivity contribution in [2.75, 3.05) is 13.2 Å². The third kappa shape index (κ3) is 7.39. The summed E-state index contributed by atoms with van der Waals surface area (Å²) in [5.74, 6) is -1.43. The van der Waals surface area contributed by atoms with Crippen molar-refractivity contribution in [3.05, 3.63) is 94.0 Å². The van der Waals surface area contributed by atoms with Crippen molar-refractivity contribution < 1.29 is 19.1 Å². The first-order valence-corrected chi connectivity index (χ1v) is 15.6. The number of carbonyl (C=O) groups excluding carboxylic acids is 2. The number of ketones is 1. The van der Waals surface area contributed by atoms with Gasteiger partial charge in [0.1, 0.15) is 0 Å². The molecule has 0 heterocycles. The molecule has 0 aliphatic carbocycles. The summed E-state index contributed by atoms with van der Waals surface area (Å²) < 4.78 is 10.9. The normalized spacial score (nSPS) is 12.7. The molecule has 0 N–H and O–H groups in total. The van der Waals surface area contributed by atoms with Gasteiger partial charge >= 0.3 is 5.97 Å². The van der Waals surface area contributed by atoms with Crippen LogP contribution in [0.25, 0.3) is 11.1 Å². The molecule has 3 aromatic carbocycles. The smallest absolute Gasteiger partial charge is 0.379 e. The minimum atomic E-state index is -0.816. The van der Waals surface area contributed by atoms with Crippen LogP contribution in [-0.2, 0) is 26.1 Å². The Kier molecular flexibility index (Phi) is 11.3. The summed E-state index contributed by atoms with van der Waals surface area (Å²) >= 11 is 0. The van der Waals surface area contributed by atoms with E-state index in [1.54, 1.807) is 19.1 Å². The lowest BCUT2D eigenvalue weighted by Gasteiger charge is -2.34. The van der Waals surface area contributed by atoms with E-state index in [9.17, 15) is 9.59 Å². The molecule has 0 radical (unpaired) electrons. The van der Waals surface area contributed by atoms with Gasteiger partial charge in [-0.3, -0.25) is 4.79 Å². The highest BCUT2D eigenvalue weighted by atomic mass is 16.5. The number of rotatable bonds is 13. The van der Waals surface area contributed by atoms with E-state index >= 15 is 0 Å². The average Bonchev–Trinajstić information content (AvgIpc) is 2.96. The van der Waals surface area contributed by atoms with E-state index in [0.29, 0.717) is 5.56 Å². The van der Waals surface area contributed by atoms with Gasteiger partial charge < -0.3 is 9.47 Å². The molecule has 4 heteroatoms. The fraction of sp³-hybridized carbons (Fsp3) is 0.474. The highest BCUT2D eigenvalue weighted by Crippen LogP contribution is 2.41. The molecule has 0 aliphatic rings. The summed E-state index contributed by atoms with van der Waals surface area (Å²) in [7, 11) is 0. The quantitative estimate of drug-likeness (QED) is 0.117. The highest BCUT2D eigenvalue weighted by Gasteiger charge is 2.32. The third-order valence-electron chi connectivity index (χ3n) is 8.81. The van der Waals surface area contributed by atoms with Gasteiger partial charge in [-0.15, -0.1) is 0 Å². The molecule has 3 rings (SSSR count). The zero-order chi connectivity index (χ0) is 31.1. The topological polar surface area (TPSA) is 52.6 Å². The molecule has 0 saturated carbocycles. The average molecular weight is 571 g/mol. The Morgan fingerprint density at radius 3 is 1.86 bits per heavy atom. The maximum absolute atomic E-state index is 12.3. The van der Waals surface area contributed by atoms with E-state index < -0.39 is 11.8 Å². The zero-order valence-corrected chi connectivity index (χ0v) is 27.2. The van der Waals surface area contributed by atoms with Crippen molar-refractivity contribution in [3.8, 4) is 11.1 Å². The Balaban J connectivity index is 1.88. The van der Waals surface area contributed by atoms with Crippen LogP contribution in [0.15, 0.2) is 60.7 Å². The molecule has 0 bridgehead atoms. The molecule has 0 aliphatic heterocycles. The predicted molar refractivity (Wildman–Crippen MR) is 173 cm³/mol. The second kappa shape index (κ2) is 14.3. The molecule has 0 aromatic heterocycles. The van der Waals surface area contributed by atoms with Gasteiger partial charge in [0, 0.05) is 17.6 Å². The molecule has 3 aromatic rings. The van der Waals surface area contributed by atoms with Gasteiger partial charge in [-0.2, -0.15) is 0 Å². The number of aryl methyl sites for hydroxylation is 3. The molecule has 4 nitrogen and oxygen atoms in total. The Bertz CT molecular complexity index is 1360. The highest BCUT2D eigenvalue weighted by molar-refractivity contribution is 6.40. The molecule has 1 atom stereocenters. The molecule has 0 amide bonds. The van der Waals surface area contributed by atoms with Crippen molar-refractivity contribution in [1.82, 2.24) is 0 Å². The van der Waals surface area contributed by atoms with Crippen LogP contribution in [0.3, 0.4) is 0 Å². The molecule has 0 saturated heterocycles. The van der Waals surface area contributed by atoms with E-state index in [0.717, 1.165) is 43.4 Å². The van der Waals surface area contributed by atoms with Crippen LogP contribution < -0.4 is 0 Å². The molecule has 1 unspecified atom stereocenters. The van der Waals surface area contributed by atoms with Gasteiger partial charge in [0.25, 0.3) is 5.78 Å². The summed E-state index contributed by atoms with van der Waals surface area (Å²) in [5.41, 5.74) is 9.10. The van der Waals surface area contributed by atoms with E-state index in [4.69, 9.17) is 9.47 Å². The van der Waals surface area contributed by atoms with Gasteiger partial charge in [-0.05, 0) is 97.7 Å². The maximum Gasteiger partial charge on any atom is 0.379 e. The van der Waals surface area contributed by atoms with Crippen LogP contribution in [-0.4, -0.2) is 31.1 Å². The van der Waals surface area contributed by atoms with Crippen LogP contribution in [0, 0.1) is 19.3 Å². The van der Waals surface area contributed by atoms with Crippen LogP contribution in [0.2, 0.25) is 0 Å². The molecule has 42 heavy (non-hydrogen) atoms. The van der Waals surface area contributed by atoms with Crippen LogP contribution in [0.5, 0.6) is 0 Å². The molecule has 0 spiro atoms. The van der Waals surface area contributed by atoms with E-state index in [-0.39, 0.29) is 23.5 Å². The SMILES string of the molecule is CCOC(=O)C(=O)c1ccc(-c2ccc(C(CC)(CC)c3ccc(CCC(OCC)C(C)(C)C)c(C)c3)cc2C)cc1. The van der Waals surface area contributed by atoms with Crippen molar-refractivity contribution in [2.24, 2.45) is 5.41 Å². The van der Waals surface area contributed by atoms with Gasteiger partial charge in [0.15, 0.2) is 0 Å². The standard InChI is InChI=1S/C38H50O4/c1-10-38(11-2,31-20-18-28(26(5)24-31)19-23-34(41-12-3)37(7,8)9)32-21-22-33(27(6)25-32)29-14-16-30(17-15-29)35(39)36(40)42-13-4/h14-18,20-22,24-25,34H,10-13,19,23H2,1-9H3. The summed E-state index contributed by atoms with van der Waals surface area (Å²) in [4.78, 5) is 24.1. The van der Waals surface area contributed by atoms with Gasteiger partial charge in [-0.1, -0.05) is 95.3 Å². The second-order valence-electron chi connectivity index (χ2n) is 12.4. The lowest BCUT2D eigenvalue weighted by Crippen LogP contribution is -2.30. The Morgan fingerprint density at radius 1 is 0.762 bits per heavy atom. The second-order valence-corrected chi connectivity index (χ2v) is 12.4. The maximum atomic E-state index is 12.3. The Morgan fingerprint density at radius 2 is 1.36 bits per heavy atom. The largest absolute Gasteiger partial charge is 0.460 e. The summed E-state index contributed by atoms with van der Waals surface area (Å²) in [6.07, 6.45) is 4.27. The van der Waals surface area contributed by atoms with Crippen LogP contribution >= 0.6 is 0 Å². The van der Waals surface area contributed by atoms with Crippen molar-refractivity contribution in [2.45, 2.75) is 99.5 Å². The van der Waals surface area contributed by atoms with Crippen LogP contribution in [0.4, 0.5) is 0 Å². The molecular formula is C38H50O4. The molecular weight excluding hydrogens is 520 g/mol. The van der Waals surface area contributed by atoms with E-state index in [1.807, 2.05) is 12.1 Å². The first-order chi connectivity index (χ1) is 19.9. The first kappa shape index (κ1) is 33.3. The van der Waals surface area contributed by atoms with Gasteiger partial charge in [-0.25, -0.2) is 4.79 Å². The fourth-order valence-corrected chi connectivity index (χ4v) is 6.16. The number of esters is 1. The molecule has 0 fully saturated rings. The number of benzene rings is 3. The van der Waals surface area contributed by atoms with Crippen molar-refractivity contribution in [1.29, 1.82) is 0 Å². The van der Waals surface area contributed by atoms with Gasteiger partial charge in [0.2, 0.25) is 0 Å². The third-order valence-corrected chi connectivity index (χ3v) is 8.81. The van der Waals surface area contributed by atoms with Crippen molar-refractivity contribution in [3.63, 3.8) is 0 Å². The minimum Gasteiger partial charge on any atom is -0.460 e. The van der Waals surface area contributed by atoms with Crippen molar-refractivity contribution >= 4 is 11.8 Å². The summed E-state index contributed by atoms with van der Waals surface area (Å²) in [6, 6.07) is 21.0. The summed E-state index contributed by atoms with van der Waals surface area (Å²) in [6.45, 7) is 20.4. The molecule has 226 valence electrons. The van der Waals surface area contributed by atoms with E-state index in [2.05, 4.69) is 91.8 Å². The Hall–Kier alpha value is -3.24. The fourth-order valence-electron chi connectivity index (χ4n) is 6.16. The van der Waals surface area contributed by atoms with E-state index in [1.165, 1.54) is 27.8 Å². The number of hydrogen-bond donors (Lipinski definition) is 0. The lowest BCUT2D eigenvalue weighted by molar-refractivity contribution is -0.137. The number of ether oxygens (including phenoxy) is 2. The number of Topliss-reactive ketones (excluding diaryl/α,β-unsaturated/α-hetero) is 1. The summed E-state index contributed by atoms with van der Waals surface area (Å²) in [5, 5.41) is 0. The van der Waals surface area contributed by atoms with Crippen LogP contribution in [0.1, 0.15) is 106 Å². The minimum absolute atomic E-state index is 0.0816. The lowest BCUT2D eigenvalue weighted by atomic mass is 9.69. The number of hydrogen-bond acceptors (Lipinski definition) is 4. The monoisotopic (exact) mass is 570 g/mol. The number of carbonyl (C=O) groups is 2. The Labute approximate surface area is 253 Å².